The molecule has 5 nitrogen and oxygen atoms in total. The van der Waals surface area contributed by atoms with Crippen LogP contribution in [0.2, 0.25) is 5.02 Å². The molecule has 1 aromatic carbocycles. The molecule has 1 aromatic rings. The fourth-order valence-corrected chi connectivity index (χ4v) is 3.04. The molecule has 0 saturated carbocycles. The fourth-order valence-electron chi connectivity index (χ4n) is 1.66. The number of hydrogen-bond acceptors (Lipinski definition) is 3. The van der Waals surface area contributed by atoms with Gasteiger partial charge in [-0.05, 0) is 24.6 Å². The summed E-state index contributed by atoms with van der Waals surface area (Å²) in [5.41, 5.74) is 0.249. The Bertz CT molecular complexity index is 544. The summed E-state index contributed by atoms with van der Waals surface area (Å²) in [6, 6.07) is 4.96. The van der Waals surface area contributed by atoms with Gasteiger partial charge in [0, 0.05) is 5.02 Å². The zero-order valence-corrected chi connectivity index (χ0v) is 11.6. The van der Waals surface area contributed by atoms with Gasteiger partial charge in [-0.25, -0.2) is 13.2 Å². The van der Waals surface area contributed by atoms with Gasteiger partial charge in [0.1, 0.15) is 6.04 Å². The molecular weight excluding hydrogens is 278 g/mol. The number of rotatable bonds is 5. The van der Waals surface area contributed by atoms with Crippen molar-refractivity contribution in [2.24, 2.45) is 0 Å². The van der Waals surface area contributed by atoms with Gasteiger partial charge >= 0.3 is 5.97 Å². The van der Waals surface area contributed by atoms with Gasteiger partial charge < -0.3 is 5.11 Å². The SMILES string of the molecule is CC[C@@H](C(=O)O)N(c1cccc(Cl)c1)S(C)(=O)=O. The van der Waals surface area contributed by atoms with Crippen LogP contribution >= 0.6 is 11.6 Å². The molecule has 1 atom stereocenters. The van der Waals surface area contributed by atoms with Crippen molar-refractivity contribution in [2.45, 2.75) is 19.4 Å². The minimum absolute atomic E-state index is 0.162. The normalized spacial score (nSPS) is 13.1. The van der Waals surface area contributed by atoms with Crippen molar-refractivity contribution in [2.75, 3.05) is 10.6 Å². The summed E-state index contributed by atoms with van der Waals surface area (Å²) in [7, 11) is -3.70. The Morgan fingerprint density at radius 2 is 2.11 bits per heavy atom. The molecule has 100 valence electrons. The number of nitrogens with zero attached hydrogens (tertiary/aromatic N) is 1. The van der Waals surface area contributed by atoms with Crippen molar-refractivity contribution in [3.63, 3.8) is 0 Å². The molecule has 0 aliphatic heterocycles. The average molecular weight is 292 g/mol. The smallest absolute Gasteiger partial charge is 0.327 e. The number of hydrogen-bond donors (Lipinski definition) is 1. The lowest BCUT2D eigenvalue weighted by Crippen LogP contribution is -2.44. The first kappa shape index (κ1) is 14.8. The molecule has 0 saturated heterocycles. The van der Waals surface area contributed by atoms with Crippen molar-refractivity contribution in [3.8, 4) is 0 Å². The van der Waals surface area contributed by atoms with Crippen molar-refractivity contribution in [1.29, 1.82) is 0 Å². The third-order valence-electron chi connectivity index (χ3n) is 2.37. The lowest BCUT2D eigenvalue weighted by Gasteiger charge is -2.28. The predicted molar refractivity (Wildman–Crippen MR) is 70.5 cm³/mol. The predicted octanol–water partition coefficient (Wildman–Crippen LogP) is 1.97. The topological polar surface area (TPSA) is 74.7 Å². The maximum Gasteiger partial charge on any atom is 0.327 e. The summed E-state index contributed by atoms with van der Waals surface area (Å²) in [5, 5.41) is 9.45. The third kappa shape index (κ3) is 3.36. The molecule has 0 unspecified atom stereocenters. The zero-order chi connectivity index (χ0) is 13.9. The van der Waals surface area contributed by atoms with Crippen LogP contribution in [0.5, 0.6) is 0 Å². The highest BCUT2D eigenvalue weighted by atomic mass is 35.5. The van der Waals surface area contributed by atoms with E-state index in [4.69, 9.17) is 16.7 Å². The molecule has 7 heteroatoms. The Morgan fingerprint density at radius 3 is 2.50 bits per heavy atom. The molecule has 1 N–H and O–H groups in total. The Hall–Kier alpha value is -1.27. The summed E-state index contributed by atoms with van der Waals surface area (Å²) in [6.45, 7) is 1.61. The minimum atomic E-state index is -3.70. The number of anilines is 1. The van der Waals surface area contributed by atoms with Gasteiger partial charge in [-0.15, -0.1) is 0 Å². The fraction of sp³-hybridized carbons (Fsp3) is 0.364. The van der Waals surface area contributed by atoms with E-state index in [1.807, 2.05) is 0 Å². The van der Waals surface area contributed by atoms with Crippen LogP contribution in [-0.4, -0.2) is 31.8 Å². The maximum atomic E-state index is 11.8. The molecule has 0 amide bonds. The van der Waals surface area contributed by atoms with E-state index in [0.717, 1.165) is 10.6 Å². The molecule has 0 spiro atoms. The summed E-state index contributed by atoms with van der Waals surface area (Å²) in [6.07, 6.45) is 1.13. The number of halogens is 1. The molecule has 0 aromatic heterocycles. The van der Waals surface area contributed by atoms with E-state index in [-0.39, 0.29) is 12.1 Å². The zero-order valence-electron chi connectivity index (χ0n) is 10.00. The van der Waals surface area contributed by atoms with Gasteiger partial charge in [0.25, 0.3) is 0 Å². The molecule has 0 radical (unpaired) electrons. The Morgan fingerprint density at radius 1 is 1.50 bits per heavy atom. The van der Waals surface area contributed by atoms with Crippen molar-refractivity contribution < 1.29 is 18.3 Å². The van der Waals surface area contributed by atoms with Crippen LogP contribution in [0.15, 0.2) is 24.3 Å². The van der Waals surface area contributed by atoms with Crippen LogP contribution in [0.1, 0.15) is 13.3 Å². The van der Waals surface area contributed by atoms with Crippen LogP contribution < -0.4 is 4.31 Å². The summed E-state index contributed by atoms with van der Waals surface area (Å²) in [4.78, 5) is 11.1. The van der Waals surface area contributed by atoms with E-state index >= 15 is 0 Å². The van der Waals surface area contributed by atoms with Crippen LogP contribution in [0.3, 0.4) is 0 Å². The number of benzene rings is 1. The van der Waals surface area contributed by atoms with Crippen molar-refractivity contribution in [1.82, 2.24) is 0 Å². The summed E-state index contributed by atoms with van der Waals surface area (Å²) >= 11 is 5.80. The number of carboxylic acids is 1. The first-order chi connectivity index (χ1) is 8.27. The second kappa shape index (κ2) is 5.58. The first-order valence-corrected chi connectivity index (χ1v) is 7.47. The molecule has 18 heavy (non-hydrogen) atoms. The number of carboxylic acid groups (broad SMARTS) is 1. The van der Waals surface area contributed by atoms with E-state index in [2.05, 4.69) is 0 Å². The van der Waals surface area contributed by atoms with Gasteiger partial charge in [-0.1, -0.05) is 24.6 Å². The second-order valence-corrected chi connectivity index (χ2v) is 6.10. The van der Waals surface area contributed by atoms with Gasteiger partial charge in [0.15, 0.2) is 0 Å². The Balaban J connectivity index is 3.35. The minimum Gasteiger partial charge on any atom is -0.480 e. The Kier molecular flexibility index (Phi) is 4.59. The Labute approximate surface area is 111 Å². The van der Waals surface area contributed by atoms with E-state index in [1.165, 1.54) is 12.1 Å². The van der Waals surface area contributed by atoms with E-state index in [9.17, 15) is 13.2 Å². The molecule has 0 fully saturated rings. The van der Waals surface area contributed by atoms with E-state index in [1.54, 1.807) is 19.1 Å². The molecular formula is C11H14ClNO4S. The molecule has 0 aliphatic rings. The van der Waals surface area contributed by atoms with Gasteiger partial charge in [0.2, 0.25) is 10.0 Å². The third-order valence-corrected chi connectivity index (χ3v) is 3.79. The maximum absolute atomic E-state index is 11.8. The summed E-state index contributed by atoms with van der Waals surface area (Å²) < 4.78 is 24.4. The van der Waals surface area contributed by atoms with Crippen LogP contribution in [0.4, 0.5) is 5.69 Å². The van der Waals surface area contributed by atoms with Gasteiger partial charge in [-0.3, -0.25) is 4.31 Å². The average Bonchev–Trinajstić information content (AvgIpc) is 2.23. The van der Waals surface area contributed by atoms with E-state index < -0.39 is 22.0 Å². The van der Waals surface area contributed by atoms with E-state index in [0.29, 0.717) is 5.02 Å². The van der Waals surface area contributed by atoms with Gasteiger partial charge in [0.05, 0.1) is 11.9 Å². The second-order valence-electron chi connectivity index (χ2n) is 3.80. The standard InChI is InChI=1S/C11H14ClNO4S/c1-3-10(11(14)15)13(18(2,16)17)9-6-4-5-8(12)7-9/h4-7,10H,3H2,1-2H3,(H,14,15)/t10-/m0/s1. The highest BCUT2D eigenvalue weighted by Gasteiger charge is 2.31. The lowest BCUT2D eigenvalue weighted by molar-refractivity contribution is -0.138. The largest absolute Gasteiger partial charge is 0.480 e. The number of aliphatic carboxylic acids is 1. The van der Waals surface area contributed by atoms with Gasteiger partial charge in [-0.2, -0.15) is 0 Å². The number of sulfonamides is 1. The number of carbonyl (C=O) groups is 1. The summed E-state index contributed by atoms with van der Waals surface area (Å²) in [5.74, 6) is -1.19. The monoisotopic (exact) mass is 291 g/mol. The molecule has 0 bridgehead atoms. The lowest BCUT2D eigenvalue weighted by atomic mass is 10.2. The van der Waals surface area contributed by atoms with Crippen LogP contribution in [0.25, 0.3) is 0 Å². The highest BCUT2D eigenvalue weighted by molar-refractivity contribution is 7.92. The first-order valence-electron chi connectivity index (χ1n) is 5.25. The van der Waals surface area contributed by atoms with Crippen LogP contribution in [0, 0.1) is 0 Å². The molecule has 0 heterocycles. The van der Waals surface area contributed by atoms with Crippen molar-refractivity contribution >= 4 is 33.3 Å². The highest BCUT2D eigenvalue weighted by Crippen LogP contribution is 2.25. The van der Waals surface area contributed by atoms with Crippen LogP contribution in [-0.2, 0) is 14.8 Å². The quantitative estimate of drug-likeness (QED) is 0.900. The molecule has 0 aliphatic carbocycles. The molecule has 1 rings (SSSR count). The van der Waals surface area contributed by atoms with Crippen molar-refractivity contribution in [3.05, 3.63) is 29.3 Å².